The van der Waals surface area contributed by atoms with Crippen molar-refractivity contribution in [2.24, 2.45) is 13.0 Å². The molecule has 0 saturated heterocycles. The fourth-order valence-electron chi connectivity index (χ4n) is 4.28. The van der Waals surface area contributed by atoms with Gasteiger partial charge in [-0.05, 0) is 45.9 Å². The van der Waals surface area contributed by atoms with E-state index in [4.69, 9.17) is 4.74 Å². The number of nitrogens with zero attached hydrogens (tertiary/aromatic N) is 4. The minimum absolute atomic E-state index is 0.0256. The Kier molecular flexibility index (Phi) is 8.80. The number of aryl methyl sites for hydroxylation is 2. The van der Waals surface area contributed by atoms with E-state index in [1.54, 1.807) is 62.0 Å². The second-order valence-corrected chi connectivity index (χ2v) is 10.0. The van der Waals surface area contributed by atoms with Crippen molar-refractivity contribution in [3.05, 3.63) is 41.2 Å². The number of urea groups is 1. The highest BCUT2D eigenvalue weighted by Gasteiger charge is 2.35. The smallest absolute Gasteiger partial charge is 0.317 e. The number of hydrogen-bond donors (Lipinski definition) is 3. The van der Waals surface area contributed by atoms with Crippen LogP contribution in [0.1, 0.15) is 54.2 Å². The van der Waals surface area contributed by atoms with Gasteiger partial charge in [-0.2, -0.15) is 5.10 Å². The molecule has 1 aromatic heterocycles. The number of nitrogens with one attached hydrogen (secondary N) is 2. The number of aromatic nitrogens is 2. The number of aliphatic hydroxyl groups is 1. The van der Waals surface area contributed by atoms with Crippen LogP contribution < -0.4 is 15.4 Å². The lowest BCUT2D eigenvalue weighted by Gasteiger charge is -2.38. The molecule has 0 radical (unpaired) electrons. The van der Waals surface area contributed by atoms with Crippen LogP contribution in [0.15, 0.2) is 24.3 Å². The molecule has 0 unspecified atom stereocenters. The van der Waals surface area contributed by atoms with E-state index in [2.05, 4.69) is 15.7 Å². The molecule has 1 aliphatic rings. The summed E-state index contributed by atoms with van der Waals surface area (Å²) in [6.45, 7) is 9.66. The van der Waals surface area contributed by atoms with E-state index in [1.807, 2.05) is 20.8 Å². The van der Waals surface area contributed by atoms with Gasteiger partial charge in [0.1, 0.15) is 11.8 Å². The molecule has 3 atom stereocenters. The van der Waals surface area contributed by atoms with Crippen molar-refractivity contribution in [3.8, 4) is 5.75 Å². The van der Waals surface area contributed by atoms with E-state index in [9.17, 15) is 19.5 Å². The molecular weight excluding hydrogens is 476 g/mol. The summed E-state index contributed by atoms with van der Waals surface area (Å²) in [7, 11) is 3.37. The number of likely N-dealkylation sites (N-methyl/N-ethyl adjacent to an activating group) is 1. The van der Waals surface area contributed by atoms with Gasteiger partial charge >= 0.3 is 6.03 Å². The average Bonchev–Trinajstić information content (AvgIpc) is 3.18. The lowest BCUT2D eigenvalue weighted by Crippen LogP contribution is -2.51. The van der Waals surface area contributed by atoms with Crippen LogP contribution in [0.3, 0.4) is 0 Å². The normalized spacial score (nSPS) is 18.4. The average molecular weight is 515 g/mol. The predicted molar refractivity (Wildman–Crippen MR) is 140 cm³/mol. The summed E-state index contributed by atoms with van der Waals surface area (Å²) in [6.07, 6.45) is -0.500. The van der Waals surface area contributed by atoms with Gasteiger partial charge in [-0.3, -0.25) is 14.3 Å². The Labute approximate surface area is 217 Å². The first-order valence-corrected chi connectivity index (χ1v) is 12.5. The standard InChI is InChI=1S/C26H38N6O5/c1-15(2)27-26(36)30(6)13-22-16(3)12-32(18(5)14-33)25(35)19-9-8-10-20(23(19)37-22)28-24(34)21-11-17(4)29-31(21)7/h8-11,15-16,18,22,33H,12-14H2,1-7H3,(H,27,36)(H,28,34)/t16-,18+,22+/m1/s1. The zero-order valence-electron chi connectivity index (χ0n) is 22.6. The molecule has 4 amide bonds. The summed E-state index contributed by atoms with van der Waals surface area (Å²) in [6, 6.07) is 5.96. The first kappa shape index (κ1) is 28.0. The monoisotopic (exact) mass is 514 g/mol. The van der Waals surface area contributed by atoms with Crippen LogP contribution in [-0.2, 0) is 7.05 Å². The van der Waals surface area contributed by atoms with Crippen molar-refractivity contribution in [2.75, 3.05) is 32.1 Å². The Morgan fingerprint density at radius 2 is 2.00 bits per heavy atom. The molecule has 1 aromatic carbocycles. The van der Waals surface area contributed by atoms with Crippen LogP contribution in [0.25, 0.3) is 0 Å². The van der Waals surface area contributed by atoms with Gasteiger partial charge in [-0.25, -0.2) is 4.79 Å². The molecule has 3 N–H and O–H groups in total. The fraction of sp³-hybridized carbons (Fsp3) is 0.538. The fourth-order valence-corrected chi connectivity index (χ4v) is 4.28. The van der Waals surface area contributed by atoms with Crippen molar-refractivity contribution in [3.63, 3.8) is 0 Å². The molecule has 2 heterocycles. The second kappa shape index (κ2) is 11.6. The number of hydrogen-bond acceptors (Lipinski definition) is 6. The zero-order chi connectivity index (χ0) is 27.4. The maximum Gasteiger partial charge on any atom is 0.317 e. The Hall–Kier alpha value is -3.60. The molecule has 0 saturated carbocycles. The summed E-state index contributed by atoms with van der Waals surface area (Å²) < 4.78 is 7.93. The van der Waals surface area contributed by atoms with Crippen molar-refractivity contribution in [2.45, 2.75) is 52.8 Å². The van der Waals surface area contributed by atoms with Gasteiger partial charge in [0.15, 0.2) is 5.75 Å². The van der Waals surface area contributed by atoms with E-state index >= 15 is 0 Å². The van der Waals surface area contributed by atoms with Crippen LogP contribution in [-0.4, -0.2) is 87.5 Å². The third-order valence-corrected chi connectivity index (χ3v) is 6.39. The van der Waals surface area contributed by atoms with Gasteiger partial charge in [-0.1, -0.05) is 13.0 Å². The lowest BCUT2D eigenvalue weighted by atomic mass is 9.99. The molecule has 11 heteroatoms. The van der Waals surface area contributed by atoms with Crippen molar-refractivity contribution >= 4 is 23.5 Å². The Morgan fingerprint density at radius 3 is 2.59 bits per heavy atom. The van der Waals surface area contributed by atoms with Gasteiger partial charge in [-0.15, -0.1) is 0 Å². The number of anilines is 1. The van der Waals surface area contributed by atoms with Gasteiger partial charge < -0.3 is 30.3 Å². The maximum absolute atomic E-state index is 13.6. The number of fused-ring (bicyclic) bond motifs is 1. The number of para-hydroxylation sites is 1. The predicted octanol–water partition coefficient (Wildman–Crippen LogP) is 2.25. The van der Waals surface area contributed by atoms with E-state index in [0.717, 1.165) is 0 Å². The summed E-state index contributed by atoms with van der Waals surface area (Å²) in [4.78, 5) is 42.4. The highest BCUT2D eigenvalue weighted by Crippen LogP contribution is 2.35. The van der Waals surface area contributed by atoms with Crippen LogP contribution in [0.4, 0.5) is 10.5 Å². The lowest BCUT2D eigenvalue weighted by molar-refractivity contribution is 0.0368. The summed E-state index contributed by atoms with van der Waals surface area (Å²) in [5.41, 5.74) is 1.66. The molecule has 2 aromatic rings. The zero-order valence-corrected chi connectivity index (χ0v) is 22.6. The number of benzene rings is 1. The van der Waals surface area contributed by atoms with Gasteiger partial charge in [0.05, 0.1) is 36.1 Å². The molecule has 0 bridgehead atoms. The number of carbonyl (C=O) groups is 3. The molecule has 3 rings (SSSR count). The van der Waals surface area contributed by atoms with E-state index < -0.39 is 18.1 Å². The number of ether oxygens (including phenoxy) is 1. The molecule has 11 nitrogen and oxygen atoms in total. The number of amides is 4. The highest BCUT2D eigenvalue weighted by atomic mass is 16.5. The Morgan fingerprint density at radius 1 is 1.30 bits per heavy atom. The molecule has 0 aliphatic carbocycles. The van der Waals surface area contributed by atoms with Gasteiger partial charge in [0.25, 0.3) is 11.8 Å². The molecular formula is C26H38N6O5. The third-order valence-electron chi connectivity index (χ3n) is 6.39. The Bertz CT molecular complexity index is 1150. The third kappa shape index (κ3) is 6.40. The first-order chi connectivity index (χ1) is 17.4. The number of rotatable bonds is 7. The molecule has 202 valence electrons. The molecule has 0 fully saturated rings. The van der Waals surface area contributed by atoms with Crippen molar-refractivity contribution < 1.29 is 24.2 Å². The van der Waals surface area contributed by atoms with Gasteiger partial charge in [0, 0.05) is 32.6 Å². The quantitative estimate of drug-likeness (QED) is 0.520. The summed E-state index contributed by atoms with van der Waals surface area (Å²) in [5.74, 6) is -0.665. The Balaban J connectivity index is 2.02. The van der Waals surface area contributed by atoms with Crippen molar-refractivity contribution in [1.29, 1.82) is 0 Å². The summed E-state index contributed by atoms with van der Waals surface area (Å²) in [5, 5.41) is 19.8. The molecule has 37 heavy (non-hydrogen) atoms. The largest absolute Gasteiger partial charge is 0.485 e. The van der Waals surface area contributed by atoms with Crippen LogP contribution in [0, 0.1) is 12.8 Å². The van der Waals surface area contributed by atoms with E-state index in [-0.39, 0.29) is 48.4 Å². The minimum atomic E-state index is -0.500. The topological polar surface area (TPSA) is 129 Å². The number of aliphatic hydroxyl groups excluding tert-OH is 1. The number of carbonyl (C=O) groups excluding carboxylic acids is 3. The van der Waals surface area contributed by atoms with E-state index in [0.29, 0.717) is 23.6 Å². The second-order valence-electron chi connectivity index (χ2n) is 10.0. The maximum atomic E-state index is 13.6. The van der Waals surface area contributed by atoms with Crippen LogP contribution in [0.5, 0.6) is 5.75 Å². The molecule has 1 aliphatic heterocycles. The van der Waals surface area contributed by atoms with Crippen molar-refractivity contribution in [1.82, 2.24) is 24.9 Å². The minimum Gasteiger partial charge on any atom is -0.485 e. The van der Waals surface area contributed by atoms with Gasteiger partial charge in [0.2, 0.25) is 0 Å². The van der Waals surface area contributed by atoms with E-state index in [1.165, 1.54) is 4.68 Å². The summed E-state index contributed by atoms with van der Waals surface area (Å²) >= 11 is 0. The SMILES string of the molecule is Cc1cc(C(=O)Nc2cccc3c2O[C@@H](CN(C)C(=O)NC(C)C)[C@H](C)CN([C@@H](C)CO)C3=O)n(C)n1. The highest BCUT2D eigenvalue weighted by molar-refractivity contribution is 6.06. The van der Waals surface area contributed by atoms with Crippen LogP contribution in [0.2, 0.25) is 0 Å². The molecule has 0 spiro atoms. The van der Waals surface area contributed by atoms with Crippen LogP contribution >= 0.6 is 0 Å². The first-order valence-electron chi connectivity index (χ1n) is 12.5.